The topological polar surface area (TPSA) is 101 Å². The molecule has 0 fully saturated rings. The van der Waals surface area contributed by atoms with Crippen molar-refractivity contribution in [1.29, 1.82) is 0 Å². The number of halogens is 2. The lowest BCUT2D eigenvalue weighted by molar-refractivity contribution is -0.138. The molecule has 0 amide bonds. The first-order valence-corrected chi connectivity index (χ1v) is 3.73. The van der Waals surface area contributed by atoms with Gasteiger partial charge in [0.2, 0.25) is 0 Å². The molecule has 0 spiro atoms. The number of carbonyl (C=O) groups is 1. The molecule has 0 saturated heterocycles. The van der Waals surface area contributed by atoms with Crippen LogP contribution in [0, 0.1) is 6.92 Å². The van der Waals surface area contributed by atoms with Gasteiger partial charge in [-0.3, -0.25) is 4.79 Å². The minimum Gasteiger partial charge on any atom is -0.480 e. The van der Waals surface area contributed by atoms with Crippen molar-refractivity contribution in [3.63, 3.8) is 0 Å². The summed E-state index contributed by atoms with van der Waals surface area (Å²) in [7, 11) is 0. The van der Waals surface area contributed by atoms with Crippen LogP contribution < -0.4 is 5.73 Å². The number of imidazole rings is 1. The maximum absolute atomic E-state index is 10.4. The second-order valence-corrected chi connectivity index (χ2v) is 2.77. The van der Waals surface area contributed by atoms with Gasteiger partial charge in [-0.1, -0.05) is 0 Å². The predicted octanol–water partition coefficient (Wildman–Crippen LogP) is 0.227. The number of aryl methyl sites for hydroxylation is 1. The molecule has 1 heterocycles. The van der Waals surface area contributed by atoms with E-state index < -0.39 is 12.0 Å². The van der Waals surface area contributed by atoms with Gasteiger partial charge in [0, 0.05) is 6.42 Å². The van der Waals surface area contributed by atoms with E-state index in [9.17, 15) is 4.79 Å². The van der Waals surface area contributed by atoms with E-state index in [-0.39, 0.29) is 31.2 Å². The molecule has 1 aromatic heterocycles. The number of hydrogen-bond acceptors (Lipinski definition) is 4. The largest absolute Gasteiger partial charge is 0.480 e. The zero-order valence-corrected chi connectivity index (χ0v) is 9.59. The van der Waals surface area contributed by atoms with E-state index >= 15 is 0 Å². The fourth-order valence-electron chi connectivity index (χ4n) is 0.988. The van der Waals surface area contributed by atoms with E-state index in [4.69, 9.17) is 16.0 Å². The number of nitrogens with zero attached hydrogens (tertiary/aromatic N) is 2. The second kappa shape index (κ2) is 6.49. The fourth-order valence-corrected chi connectivity index (χ4v) is 0.988. The summed E-state index contributed by atoms with van der Waals surface area (Å²) in [5.74, 6) is -1.10. The molecule has 8 heteroatoms. The van der Waals surface area contributed by atoms with Gasteiger partial charge in [0.25, 0.3) is 0 Å². The first kappa shape index (κ1) is 16.4. The van der Waals surface area contributed by atoms with Gasteiger partial charge in [-0.15, -0.1) is 24.8 Å². The fraction of sp³-hybridized carbons (Fsp3) is 0.429. The van der Waals surface area contributed by atoms with Gasteiger partial charge in [0.1, 0.15) is 12.4 Å². The number of hydrogen-bond donors (Lipinski definition) is 3. The third kappa shape index (κ3) is 3.94. The highest BCUT2D eigenvalue weighted by atomic mass is 35.5. The lowest BCUT2D eigenvalue weighted by Gasteiger charge is -2.06. The van der Waals surface area contributed by atoms with Crippen molar-refractivity contribution in [2.24, 2.45) is 5.73 Å². The number of aromatic nitrogens is 2. The van der Waals surface area contributed by atoms with E-state index in [1.807, 2.05) is 0 Å². The summed E-state index contributed by atoms with van der Waals surface area (Å²) in [6.45, 7) is 1.68. The Labute approximate surface area is 98.9 Å². The van der Waals surface area contributed by atoms with Gasteiger partial charge in [-0.05, 0) is 6.92 Å². The summed E-state index contributed by atoms with van der Waals surface area (Å²) in [5, 5.41) is 17.7. The number of rotatable bonds is 3. The van der Waals surface area contributed by atoms with E-state index in [1.165, 1.54) is 6.33 Å². The minimum absolute atomic E-state index is 0. The molecule has 6 nitrogen and oxygen atoms in total. The van der Waals surface area contributed by atoms with Gasteiger partial charge >= 0.3 is 5.97 Å². The molecule has 0 aliphatic rings. The smallest absolute Gasteiger partial charge is 0.320 e. The summed E-state index contributed by atoms with van der Waals surface area (Å²) in [4.78, 5) is 14.2. The molecule has 0 aromatic carbocycles. The highest BCUT2D eigenvalue weighted by Crippen LogP contribution is 2.06. The monoisotopic (exact) mass is 257 g/mol. The molecule has 15 heavy (non-hydrogen) atoms. The summed E-state index contributed by atoms with van der Waals surface area (Å²) in [6, 6.07) is -1.01. The van der Waals surface area contributed by atoms with Crippen LogP contribution in [0.4, 0.5) is 0 Å². The van der Waals surface area contributed by atoms with E-state index in [0.717, 1.165) is 4.73 Å². The molecular weight excluding hydrogens is 245 g/mol. The molecule has 0 bridgehead atoms. The minimum atomic E-state index is -1.10. The number of carboxylic acids is 1. The van der Waals surface area contributed by atoms with Crippen LogP contribution >= 0.6 is 24.8 Å². The maximum Gasteiger partial charge on any atom is 0.320 e. The van der Waals surface area contributed by atoms with Gasteiger partial charge in [0.05, 0.1) is 11.4 Å². The highest BCUT2D eigenvalue weighted by molar-refractivity contribution is 5.85. The summed E-state index contributed by atoms with van der Waals surface area (Å²) >= 11 is 0. The van der Waals surface area contributed by atoms with Crippen molar-refractivity contribution in [1.82, 2.24) is 9.71 Å². The molecule has 0 saturated carbocycles. The number of carboxylic acid groups (broad SMARTS) is 1. The Morgan fingerprint density at radius 2 is 2.20 bits per heavy atom. The molecule has 1 atom stereocenters. The Hall–Kier alpha value is -0.980. The van der Waals surface area contributed by atoms with E-state index in [2.05, 4.69) is 4.98 Å². The maximum atomic E-state index is 10.4. The molecule has 1 rings (SSSR count). The van der Waals surface area contributed by atoms with Crippen LogP contribution in [0.25, 0.3) is 0 Å². The average molecular weight is 258 g/mol. The standard InChI is InChI=1S/C7H11N3O3.2ClH/c1-4-6(10(13)3-9-4)2-5(8)7(11)12;;/h3,5,13H,2,8H2,1H3,(H,11,12);2*1H. The average Bonchev–Trinajstić information content (AvgIpc) is 2.35. The van der Waals surface area contributed by atoms with Crippen LogP contribution in [0.3, 0.4) is 0 Å². The number of aliphatic carboxylic acids is 1. The Balaban J connectivity index is 0. The Bertz CT molecular complexity index is 310. The SMILES string of the molecule is Cc1ncn(O)c1CC(N)C(=O)O.Cl.Cl. The van der Waals surface area contributed by atoms with Crippen molar-refractivity contribution >= 4 is 30.8 Å². The number of nitrogens with two attached hydrogens (primary N) is 1. The Kier molecular flexibility index (Phi) is 7.12. The first-order chi connectivity index (χ1) is 6.02. The van der Waals surface area contributed by atoms with Crippen LogP contribution in [0.1, 0.15) is 11.4 Å². The third-order valence-corrected chi connectivity index (χ3v) is 1.79. The van der Waals surface area contributed by atoms with Crippen molar-refractivity contribution < 1.29 is 15.1 Å². The predicted molar refractivity (Wildman–Crippen MR) is 58.0 cm³/mol. The molecule has 1 aromatic rings. The quantitative estimate of drug-likeness (QED) is 0.673. The summed E-state index contributed by atoms with van der Waals surface area (Å²) in [6.07, 6.45) is 1.27. The molecular formula is C7H13Cl2N3O3. The van der Waals surface area contributed by atoms with Gasteiger partial charge < -0.3 is 16.0 Å². The normalized spacial score (nSPS) is 11.1. The first-order valence-electron chi connectivity index (χ1n) is 3.73. The van der Waals surface area contributed by atoms with Crippen molar-refractivity contribution in [2.45, 2.75) is 19.4 Å². The van der Waals surface area contributed by atoms with Crippen LogP contribution in [0.5, 0.6) is 0 Å². The van der Waals surface area contributed by atoms with Crippen LogP contribution in [-0.2, 0) is 11.2 Å². The Morgan fingerprint density at radius 3 is 2.53 bits per heavy atom. The zero-order valence-electron chi connectivity index (χ0n) is 7.95. The Morgan fingerprint density at radius 1 is 1.67 bits per heavy atom. The van der Waals surface area contributed by atoms with Crippen molar-refractivity contribution in [3.8, 4) is 0 Å². The molecule has 0 aliphatic heterocycles. The van der Waals surface area contributed by atoms with Gasteiger partial charge in [-0.2, -0.15) is 4.73 Å². The summed E-state index contributed by atoms with van der Waals surface area (Å²) in [5.41, 5.74) is 6.30. The summed E-state index contributed by atoms with van der Waals surface area (Å²) < 4.78 is 0.790. The van der Waals surface area contributed by atoms with Crippen molar-refractivity contribution in [3.05, 3.63) is 17.7 Å². The molecule has 4 N–H and O–H groups in total. The van der Waals surface area contributed by atoms with Crippen LogP contribution in [-0.4, -0.2) is 32.0 Å². The highest BCUT2D eigenvalue weighted by Gasteiger charge is 2.16. The van der Waals surface area contributed by atoms with E-state index in [1.54, 1.807) is 6.92 Å². The molecule has 1 unspecified atom stereocenters. The van der Waals surface area contributed by atoms with Crippen LogP contribution in [0.15, 0.2) is 6.33 Å². The molecule has 0 radical (unpaired) electrons. The van der Waals surface area contributed by atoms with Crippen molar-refractivity contribution in [2.75, 3.05) is 0 Å². The van der Waals surface area contributed by atoms with Gasteiger partial charge in [-0.25, -0.2) is 4.98 Å². The lowest BCUT2D eigenvalue weighted by Crippen LogP contribution is -2.33. The second-order valence-electron chi connectivity index (χ2n) is 2.77. The third-order valence-electron chi connectivity index (χ3n) is 1.79. The zero-order chi connectivity index (χ0) is 10.0. The van der Waals surface area contributed by atoms with E-state index in [0.29, 0.717) is 11.4 Å². The lowest BCUT2D eigenvalue weighted by atomic mass is 10.1. The van der Waals surface area contributed by atoms with Crippen LogP contribution in [0.2, 0.25) is 0 Å². The molecule has 0 aliphatic carbocycles. The molecule has 88 valence electrons. The van der Waals surface area contributed by atoms with Gasteiger partial charge in [0.15, 0.2) is 0 Å².